The van der Waals surface area contributed by atoms with Crippen molar-refractivity contribution < 1.29 is 9.59 Å². The van der Waals surface area contributed by atoms with E-state index in [-0.39, 0.29) is 24.8 Å². The highest BCUT2D eigenvalue weighted by molar-refractivity contribution is 5.97. The van der Waals surface area contributed by atoms with Gasteiger partial charge < -0.3 is 10.6 Å². The molecule has 8 nitrogen and oxygen atoms in total. The van der Waals surface area contributed by atoms with Crippen LogP contribution in [0.4, 0.5) is 5.69 Å². The topological polar surface area (TPSA) is 113 Å². The van der Waals surface area contributed by atoms with Crippen molar-refractivity contribution in [2.45, 2.75) is 19.9 Å². The van der Waals surface area contributed by atoms with Crippen LogP contribution in [-0.4, -0.2) is 27.9 Å². The minimum absolute atomic E-state index is 0.0291. The lowest BCUT2D eigenvalue weighted by Gasteiger charge is -2.10. The average molecular weight is 380 g/mol. The van der Waals surface area contributed by atoms with E-state index in [0.717, 1.165) is 0 Å². The lowest BCUT2D eigenvalue weighted by Crippen LogP contribution is -2.31. The number of aromatic amines is 1. The summed E-state index contributed by atoms with van der Waals surface area (Å²) in [7, 11) is 0. The van der Waals surface area contributed by atoms with E-state index in [9.17, 15) is 19.2 Å². The van der Waals surface area contributed by atoms with Crippen LogP contribution in [0.3, 0.4) is 0 Å². The summed E-state index contributed by atoms with van der Waals surface area (Å²) >= 11 is 0. The van der Waals surface area contributed by atoms with Gasteiger partial charge in [0.05, 0.1) is 10.9 Å². The van der Waals surface area contributed by atoms with E-state index in [1.165, 1.54) is 4.57 Å². The fraction of sp³-hybridized carbons (Fsp3) is 0.200. The van der Waals surface area contributed by atoms with E-state index >= 15 is 0 Å². The molecule has 0 aliphatic carbocycles. The molecule has 3 aromatic rings. The minimum Gasteiger partial charge on any atom is -0.352 e. The van der Waals surface area contributed by atoms with Gasteiger partial charge in [0.25, 0.3) is 11.5 Å². The molecule has 0 radical (unpaired) electrons. The summed E-state index contributed by atoms with van der Waals surface area (Å²) in [6, 6.07) is 13.3. The maximum absolute atomic E-state index is 12.3. The molecule has 0 aliphatic rings. The normalized spacial score (nSPS) is 10.6. The Morgan fingerprint density at radius 1 is 1.07 bits per heavy atom. The van der Waals surface area contributed by atoms with Crippen molar-refractivity contribution in [2.24, 2.45) is 0 Å². The Hall–Kier alpha value is -3.68. The third-order valence-corrected chi connectivity index (χ3v) is 4.21. The van der Waals surface area contributed by atoms with Gasteiger partial charge in [0, 0.05) is 30.8 Å². The van der Waals surface area contributed by atoms with E-state index in [2.05, 4.69) is 15.6 Å². The predicted octanol–water partition coefficient (Wildman–Crippen LogP) is 1.47. The summed E-state index contributed by atoms with van der Waals surface area (Å²) in [4.78, 5) is 50.5. The van der Waals surface area contributed by atoms with Crippen LogP contribution in [-0.2, 0) is 11.3 Å². The van der Waals surface area contributed by atoms with Crippen LogP contribution >= 0.6 is 0 Å². The van der Waals surface area contributed by atoms with Crippen molar-refractivity contribution in [1.82, 2.24) is 14.9 Å². The quantitative estimate of drug-likeness (QED) is 0.601. The number of nitrogens with one attached hydrogen (secondary N) is 3. The third-order valence-electron chi connectivity index (χ3n) is 4.21. The fourth-order valence-electron chi connectivity index (χ4n) is 2.90. The largest absolute Gasteiger partial charge is 0.352 e. The number of rotatable bonds is 6. The zero-order valence-corrected chi connectivity index (χ0v) is 15.3. The number of H-pyrrole nitrogens is 1. The molecule has 1 heterocycles. The van der Waals surface area contributed by atoms with Crippen LogP contribution in [0, 0.1) is 0 Å². The Morgan fingerprint density at radius 3 is 2.64 bits per heavy atom. The summed E-state index contributed by atoms with van der Waals surface area (Å²) in [5.41, 5.74) is 0.399. The molecular weight excluding hydrogens is 360 g/mol. The molecule has 0 aliphatic heterocycles. The number of amides is 2. The summed E-state index contributed by atoms with van der Waals surface area (Å²) in [5.74, 6) is -0.528. The molecule has 1 aromatic heterocycles. The average Bonchev–Trinajstić information content (AvgIpc) is 2.68. The number of para-hydroxylation sites is 1. The number of fused-ring (bicyclic) bond motifs is 1. The number of carbonyl (C=O) groups excluding carboxylic acids is 2. The number of carbonyl (C=O) groups is 2. The van der Waals surface area contributed by atoms with Crippen molar-refractivity contribution in [3.8, 4) is 0 Å². The van der Waals surface area contributed by atoms with Gasteiger partial charge >= 0.3 is 5.69 Å². The van der Waals surface area contributed by atoms with Crippen LogP contribution < -0.4 is 21.9 Å². The van der Waals surface area contributed by atoms with Gasteiger partial charge in [-0.2, -0.15) is 0 Å². The Morgan fingerprint density at radius 2 is 1.86 bits per heavy atom. The standard InChI is InChI=1S/C20H20N4O4/c1-2-21-18(26)13-6-5-7-14(12-13)22-17(25)10-11-24-16-9-4-3-8-15(16)19(27)23-20(24)28/h3-9,12H,2,10-11H2,1H3,(H,21,26)(H,22,25)(H,23,27,28). The number of anilines is 1. The van der Waals surface area contributed by atoms with Gasteiger partial charge in [-0.1, -0.05) is 18.2 Å². The SMILES string of the molecule is CCNC(=O)c1cccc(NC(=O)CCn2c(=O)[nH]c(=O)c3ccccc32)c1. The second-order valence-electron chi connectivity index (χ2n) is 6.17. The number of aryl methyl sites for hydroxylation is 1. The molecule has 0 fully saturated rings. The van der Waals surface area contributed by atoms with Crippen molar-refractivity contribution in [1.29, 1.82) is 0 Å². The molecule has 0 atom stereocenters. The number of aromatic nitrogens is 2. The Labute approximate surface area is 160 Å². The molecule has 2 aromatic carbocycles. The monoisotopic (exact) mass is 380 g/mol. The first-order valence-corrected chi connectivity index (χ1v) is 8.89. The highest BCUT2D eigenvalue weighted by Gasteiger charge is 2.10. The smallest absolute Gasteiger partial charge is 0.328 e. The predicted molar refractivity (Wildman–Crippen MR) is 107 cm³/mol. The highest BCUT2D eigenvalue weighted by Crippen LogP contribution is 2.12. The molecule has 0 bridgehead atoms. The Kier molecular flexibility index (Phi) is 5.69. The van der Waals surface area contributed by atoms with Crippen molar-refractivity contribution in [3.63, 3.8) is 0 Å². The van der Waals surface area contributed by atoms with Gasteiger partial charge in [-0.25, -0.2) is 4.79 Å². The van der Waals surface area contributed by atoms with E-state index < -0.39 is 11.2 Å². The minimum atomic E-state index is -0.560. The first kappa shape index (κ1) is 19.1. The zero-order valence-electron chi connectivity index (χ0n) is 15.3. The maximum atomic E-state index is 12.3. The van der Waals surface area contributed by atoms with Gasteiger partial charge in [-0.3, -0.25) is 23.9 Å². The molecule has 0 spiro atoms. The molecule has 0 saturated heterocycles. The van der Waals surface area contributed by atoms with Crippen LogP contribution in [0.2, 0.25) is 0 Å². The summed E-state index contributed by atoms with van der Waals surface area (Å²) in [6.45, 7) is 2.45. The van der Waals surface area contributed by atoms with E-state index in [4.69, 9.17) is 0 Å². The lowest BCUT2D eigenvalue weighted by atomic mass is 10.2. The van der Waals surface area contributed by atoms with E-state index in [1.807, 2.05) is 6.92 Å². The van der Waals surface area contributed by atoms with Gasteiger partial charge in [0.2, 0.25) is 5.91 Å². The van der Waals surface area contributed by atoms with Crippen molar-refractivity contribution >= 4 is 28.4 Å². The first-order valence-electron chi connectivity index (χ1n) is 8.89. The Balaban J connectivity index is 1.73. The summed E-state index contributed by atoms with van der Waals surface area (Å²) in [6.07, 6.45) is 0.0291. The molecule has 0 unspecified atom stereocenters. The maximum Gasteiger partial charge on any atom is 0.328 e. The zero-order chi connectivity index (χ0) is 20.1. The van der Waals surface area contributed by atoms with E-state index in [1.54, 1.807) is 48.5 Å². The summed E-state index contributed by atoms with van der Waals surface area (Å²) < 4.78 is 1.36. The van der Waals surface area contributed by atoms with Gasteiger partial charge in [0.15, 0.2) is 0 Å². The number of hydrogen-bond donors (Lipinski definition) is 3. The van der Waals surface area contributed by atoms with Crippen molar-refractivity contribution in [3.05, 3.63) is 74.9 Å². The van der Waals surface area contributed by atoms with E-state index in [0.29, 0.717) is 28.7 Å². The number of benzene rings is 2. The van der Waals surface area contributed by atoms with Crippen molar-refractivity contribution in [2.75, 3.05) is 11.9 Å². The van der Waals surface area contributed by atoms with Crippen LogP contribution in [0.5, 0.6) is 0 Å². The van der Waals surface area contributed by atoms with Crippen LogP contribution in [0.15, 0.2) is 58.1 Å². The third kappa shape index (κ3) is 4.17. The molecule has 0 saturated carbocycles. The molecule has 8 heteroatoms. The van der Waals surface area contributed by atoms with Crippen LogP contribution in [0.25, 0.3) is 10.9 Å². The highest BCUT2D eigenvalue weighted by atomic mass is 16.2. The molecule has 28 heavy (non-hydrogen) atoms. The van der Waals surface area contributed by atoms with Gasteiger partial charge in [0.1, 0.15) is 0 Å². The van der Waals surface area contributed by atoms with Gasteiger partial charge in [-0.15, -0.1) is 0 Å². The molecule has 144 valence electrons. The second kappa shape index (κ2) is 8.34. The summed E-state index contributed by atoms with van der Waals surface area (Å²) in [5, 5.41) is 5.81. The number of hydrogen-bond acceptors (Lipinski definition) is 4. The van der Waals surface area contributed by atoms with Gasteiger partial charge in [-0.05, 0) is 37.3 Å². The molecule has 3 rings (SSSR count). The fourth-order valence-corrected chi connectivity index (χ4v) is 2.90. The first-order chi connectivity index (χ1) is 13.5. The number of nitrogens with zero attached hydrogens (tertiary/aromatic N) is 1. The molecule has 2 amide bonds. The Bertz CT molecular complexity index is 1150. The molecule has 3 N–H and O–H groups in total. The van der Waals surface area contributed by atoms with Crippen LogP contribution in [0.1, 0.15) is 23.7 Å². The lowest BCUT2D eigenvalue weighted by molar-refractivity contribution is -0.116. The molecular formula is C20H20N4O4. The second-order valence-corrected chi connectivity index (χ2v) is 6.17.